The normalized spacial score (nSPS) is 12.7. The molecule has 1 rings (SSSR count). The van der Waals surface area contributed by atoms with Crippen molar-refractivity contribution < 1.29 is 14.8 Å². The SMILES string of the molecule is CC(C)CN(CC(=O)O)C(C)c1ccccc1[N+](=O)[O-]. The van der Waals surface area contributed by atoms with E-state index in [1.165, 1.54) is 6.07 Å². The second kappa shape index (κ2) is 7.00. The van der Waals surface area contributed by atoms with E-state index in [1.54, 1.807) is 30.0 Å². The van der Waals surface area contributed by atoms with Crippen molar-refractivity contribution in [3.8, 4) is 0 Å². The molecule has 0 aromatic heterocycles. The van der Waals surface area contributed by atoms with Crippen LogP contribution in [-0.2, 0) is 4.79 Å². The largest absolute Gasteiger partial charge is 0.480 e. The van der Waals surface area contributed by atoms with Crippen LogP contribution >= 0.6 is 0 Å². The lowest BCUT2D eigenvalue weighted by atomic mass is 10.0. The van der Waals surface area contributed by atoms with E-state index in [2.05, 4.69) is 0 Å². The van der Waals surface area contributed by atoms with Gasteiger partial charge < -0.3 is 5.11 Å². The smallest absolute Gasteiger partial charge is 0.317 e. The Morgan fingerprint density at radius 1 is 1.35 bits per heavy atom. The van der Waals surface area contributed by atoms with Crippen LogP contribution in [0.4, 0.5) is 5.69 Å². The number of rotatable bonds is 7. The van der Waals surface area contributed by atoms with Crippen molar-refractivity contribution in [2.45, 2.75) is 26.8 Å². The summed E-state index contributed by atoms with van der Waals surface area (Å²) in [7, 11) is 0. The predicted octanol–water partition coefficient (Wildman–Crippen LogP) is 2.70. The molecule has 1 unspecified atom stereocenters. The van der Waals surface area contributed by atoms with E-state index in [0.717, 1.165) is 0 Å². The summed E-state index contributed by atoms with van der Waals surface area (Å²) >= 11 is 0. The molecule has 110 valence electrons. The average Bonchev–Trinajstić information content (AvgIpc) is 2.36. The summed E-state index contributed by atoms with van der Waals surface area (Å²) in [6.07, 6.45) is 0. The van der Waals surface area contributed by atoms with E-state index in [4.69, 9.17) is 5.11 Å². The molecule has 0 heterocycles. The molecule has 20 heavy (non-hydrogen) atoms. The maximum Gasteiger partial charge on any atom is 0.317 e. The topological polar surface area (TPSA) is 83.7 Å². The number of nitrogens with zero attached hydrogens (tertiary/aromatic N) is 2. The first-order valence-electron chi connectivity index (χ1n) is 6.52. The fourth-order valence-corrected chi connectivity index (χ4v) is 2.21. The number of carbonyl (C=O) groups is 1. The van der Waals surface area contributed by atoms with E-state index >= 15 is 0 Å². The molecule has 0 radical (unpaired) electrons. The van der Waals surface area contributed by atoms with Gasteiger partial charge in [-0.05, 0) is 12.8 Å². The van der Waals surface area contributed by atoms with Crippen LogP contribution in [0.2, 0.25) is 0 Å². The molecule has 0 bridgehead atoms. The van der Waals surface area contributed by atoms with Crippen LogP contribution in [0.3, 0.4) is 0 Å². The molecule has 6 nitrogen and oxygen atoms in total. The van der Waals surface area contributed by atoms with Gasteiger partial charge in [-0.25, -0.2) is 0 Å². The number of nitro benzene ring substituents is 1. The molecule has 0 saturated heterocycles. The lowest BCUT2D eigenvalue weighted by Crippen LogP contribution is -2.35. The van der Waals surface area contributed by atoms with E-state index < -0.39 is 10.9 Å². The molecule has 1 aromatic rings. The van der Waals surface area contributed by atoms with Crippen molar-refractivity contribution in [1.29, 1.82) is 0 Å². The highest BCUT2D eigenvalue weighted by atomic mass is 16.6. The monoisotopic (exact) mass is 280 g/mol. The number of carboxylic acids is 1. The van der Waals surface area contributed by atoms with Crippen molar-refractivity contribution in [1.82, 2.24) is 4.90 Å². The Hall–Kier alpha value is -1.95. The minimum absolute atomic E-state index is 0.0270. The van der Waals surface area contributed by atoms with Gasteiger partial charge in [-0.3, -0.25) is 19.8 Å². The van der Waals surface area contributed by atoms with Crippen molar-refractivity contribution in [2.24, 2.45) is 5.92 Å². The number of carboxylic acid groups (broad SMARTS) is 1. The van der Waals surface area contributed by atoms with Gasteiger partial charge in [0.15, 0.2) is 0 Å². The van der Waals surface area contributed by atoms with Crippen LogP contribution in [0, 0.1) is 16.0 Å². The Bertz CT molecular complexity index is 488. The second-order valence-corrected chi connectivity index (χ2v) is 5.21. The third kappa shape index (κ3) is 4.31. The molecule has 1 atom stereocenters. The Morgan fingerprint density at radius 2 is 1.95 bits per heavy atom. The Labute approximate surface area is 118 Å². The van der Waals surface area contributed by atoms with Gasteiger partial charge in [-0.1, -0.05) is 32.0 Å². The highest BCUT2D eigenvalue weighted by Crippen LogP contribution is 2.29. The van der Waals surface area contributed by atoms with Crippen LogP contribution in [0.25, 0.3) is 0 Å². The minimum atomic E-state index is -0.934. The first kappa shape index (κ1) is 16.1. The molecular formula is C14H20N2O4. The van der Waals surface area contributed by atoms with E-state index in [1.807, 2.05) is 13.8 Å². The second-order valence-electron chi connectivity index (χ2n) is 5.21. The number of aliphatic carboxylic acids is 1. The van der Waals surface area contributed by atoms with Crippen molar-refractivity contribution in [3.05, 3.63) is 39.9 Å². The van der Waals surface area contributed by atoms with Crippen molar-refractivity contribution >= 4 is 11.7 Å². The zero-order chi connectivity index (χ0) is 15.3. The summed E-state index contributed by atoms with van der Waals surface area (Å²) in [5, 5.41) is 20.1. The van der Waals surface area contributed by atoms with Gasteiger partial charge in [0.25, 0.3) is 5.69 Å². The maximum atomic E-state index is 11.1. The highest BCUT2D eigenvalue weighted by molar-refractivity contribution is 5.69. The lowest BCUT2D eigenvalue weighted by Gasteiger charge is -2.29. The zero-order valence-corrected chi connectivity index (χ0v) is 11.9. The summed E-state index contributed by atoms with van der Waals surface area (Å²) in [5.74, 6) is -0.657. The van der Waals surface area contributed by atoms with Crippen LogP contribution in [0.1, 0.15) is 32.4 Å². The molecule has 6 heteroatoms. The standard InChI is InChI=1S/C14H20N2O4/c1-10(2)8-15(9-14(17)18)11(3)12-6-4-5-7-13(12)16(19)20/h4-7,10-11H,8-9H2,1-3H3,(H,17,18). The van der Waals surface area contributed by atoms with Crippen molar-refractivity contribution in [2.75, 3.05) is 13.1 Å². The van der Waals surface area contributed by atoms with Crippen LogP contribution in [0.15, 0.2) is 24.3 Å². The molecule has 0 spiro atoms. The molecule has 0 fully saturated rings. The Balaban J connectivity index is 3.07. The average molecular weight is 280 g/mol. The summed E-state index contributed by atoms with van der Waals surface area (Å²) in [6, 6.07) is 6.14. The van der Waals surface area contributed by atoms with Gasteiger partial charge >= 0.3 is 5.97 Å². The molecule has 1 aromatic carbocycles. The van der Waals surface area contributed by atoms with Gasteiger partial charge in [-0.2, -0.15) is 0 Å². The summed E-state index contributed by atoms with van der Waals surface area (Å²) in [6.45, 7) is 6.21. The van der Waals surface area contributed by atoms with Gasteiger partial charge in [0, 0.05) is 24.2 Å². The maximum absolute atomic E-state index is 11.1. The predicted molar refractivity (Wildman–Crippen MR) is 75.6 cm³/mol. The third-order valence-corrected chi connectivity index (χ3v) is 3.07. The first-order valence-corrected chi connectivity index (χ1v) is 6.52. The minimum Gasteiger partial charge on any atom is -0.480 e. The zero-order valence-electron chi connectivity index (χ0n) is 11.9. The summed E-state index contributed by atoms with van der Waals surface area (Å²) in [5.41, 5.74) is 0.568. The molecule has 0 aliphatic heterocycles. The van der Waals surface area contributed by atoms with E-state index in [0.29, 0.717) is 12.1 Å². The summed E-state index contributed by atoms with van der Waals surface area (Å²) in [4.78, 5) is 23.3. The number of hydrogen-bond donors (Lipinski definition) is 1. The molecule has 0 aliphatic carbocycles. The first-order chi connectivity index (χ1) is 9.32. The van der Waals surface area contributed by atoms with E-state index in [-0.39, 0.29) is 24.2 Å². The van der Waals surface area contributed by atoms with Crippen molar-refractivity contribution in [3.63, 3.8) is 0 Å². The molecule has 0 saturated carbocycles. The van der Waals surface area contributed by atoms with Gasteiger partial charge in [0.05, 0.1) is 11.5 Å². The van der Waals surface area contributed by atoms with Gasteiger partial charge in [0.2, 0.25) is 0 Å². The fourth-order valence-electron chi connectivity index (χ4n) is 2.21. The molecule has 1 N–H and O–H groups in total. The third-order valence-electron chi connectivity index (χ3n) is 3.07. The van der Waals surface area contributed by atoms with Crippen LogP contribution in [-0.4, -0.2) is 34.0 Å². The number of para-hydroxylation sites is 1. The van der Waals surface area contributed by atoms with Crippen LogP contribution < -0.4 is 0 Å². The van der Waals surface area contributed by atoms with Gasteiger partial charge in [0.1, 0.15) is 0 Å². The molecule has 0 aliphatic rings. The quantitative estimate of drug-likeness (QED) is 0.613. The number of nitro groups is 1. The van der Waals surface area contributed by atoms with Crippen LogP contribution in [0.5, 0.6) is 0 Å². The molecule has 0 amide bonds. The Morgan fingerprint density at radius 3 is 2.45 bits per heavy atom. The lowest BCUT2D eigenvalue weighted by molar-refractivity contribution is -0.386. The Kier molecular flexibility index (Phi) is 5.64. The molecular weight excluding hydrogens is 260 g/mol. The van der Waals surface area contributed by atoms with E-state index in [9.17, 15) is 14.9 Å². The number of hydrogen-bond acceptors (Lipinski definition) is 4. The van der Waals surface area contributed by atoms with Gasteiger partial charge in [-0.15, -0.1) is 0 Å². The highest BCUT2D eigenvalue weighted by Gasteiger charge is 2.25. The summed E-state index contributed by atoms with van der Waals surface area (Å²) < 4.78 is 0. The fraction of sp³-hybridized carbons (Fsp3) is 0.500. The number of benzene rings is 1.